The molecule has 0 radical (unpaired) electrons. The number of halogens is 1. The molecule has 0 aliphatic carbocycles. The zero-order valence-corrected chi connectivity index (χ0v) is 22.3. The fourth-order valence-electron chi connectivity index (χ4n) is 4.27. The molecule has 1 N–H and O–H groups in total. The third-order valence-corrected chi connectivity index (χ3v) is 7.31. The van der Waals surface area contributed by atoms with Gasteiger partial charge in [-0.15, -0.1) is 11.3 Å². The normalized spacial score (nSPS) is 12.7. The Kier molecular flexibility index (Phi) is 7.91. The van der Waals surface area contributed by atoms with Gasteiger partial charge in [-0.05, 0) is 36.2 Å². The fraction of sp³-hybridized carbons (Fsp3) is 0.207. The van der Waals surface area contributed by atoms with Crippen LogP contribution in [0.5, 0.6) is 11.5 Å². The number of carbonyl (C=O) groups excluding carboxylic acids is 2. The summed E-state index contributed by atoms with van der Waals surface area (Å²) in [5.41, 5.74) is 3.20. The molecule has 9 heteroatoms. The van der Waals surface area contributed by atoms with Crippen LogP contribution in [0.25, 0.3) is 11.3 Å². The van der Waals surface area contributed by atoms with Crippen molar-refractivity contribution in [3.05, 3.63) is 93.8 Å². The molecule has 194 valence electrons. The van der Waals surface area contributed by atoms with Crippen molar-refractivity contribution in [1.82, 2.24) is 9.88 Å². The topological polar surface area (TPSA) is 80.8 Å². The number of aromatic nitrogens is 1. The number of hydrogen-bond acceptors (Lipinski definition) is 6. The van der Waals surface area contributed by atoms with E-state index in [-0.39, 0.29) is 31.6 Å². The minimum atomic E-state index is -0.695. The maximum absolute atomic E-state index is 13.6. The first-order chi connectivity index (χ1) is 18.5. The Hall–Kier alpha value is -3.88. The largest absolute Gasteiger partial charge is 0.454 e. The summed E-state index contributed by atoms with van der Waals surface area (Å²) >= 11 is 7.49. The number of benzene rings is 3. The van der Waals surface area contributed by atoms with E-state index >= 15 is 0 Å². The highest BCUT2D eigenvalue weighted by atomic mass is 35.5. The summed E-state index contributed by atoms with van der Waals surface area (Å²) in [7, 11) is 0. The molecule has 0 bridgehead atoms. The fourth-order valence-corrected chi connectivity index (χ4v) is 5.20. The van der Waals surface area contributed by atoms with Gasteiger partial charge in [0.25, 0.3) is 0 Å². The Bertz CT molecular complexity index is 1430. The van der Waals surface area contributed by atoms with Crippen LogP contribution in [-0.4, -0.2) is 34.5 Å². The zero-order valence-electron chi connectivity index (χ0n) is 20.7. The van der Waals surface area contributed by atoms with E-state index in [1.165, 1.54) is 11.3 Å². The van der Waals surface area contributed by atoms with Gasteiger partial charge >= 0.3 is 0 Å². The van der Waals surface area contributed by atoms with Crippen molar-refractivity contribution in [2.75, 3.05) is 12.1 Å². The van der Waals surface area contributed by atoms with Crippen LogP contribution < -0.4 is 14.8 Å². The van der Waals surface area contributed by atoms with E-state index in [0.717, 1.165) is 21.8 Å². The second kappa shape index (κ2) is 11.7. The smallest absolute Gasteiger partial charge is 0.247 e. The highest BCUT2D eigenvalue weighted by Gasteiger charge is 2.30. The predicted octanol–water partition coefficient (Wildman–Crippen LogP) is 6.18. The average molecular weight is 548 g/mol. The molecular formula is C29H26ClN3O4S. The highest BCUT2D eigenvalue weighted by Crippen LogP contribution is 2.34. The average Bonchev–Trinajstić information content (AvgIpc) is 3.59. The number of hydrogen-bond donors (Lipinski definition) is 1. The molecule has 2 amide bonds. The van der Waals surface area contributed by atoms with Crippen LogP contribution in [0, 0.1) is 0 Å². The van der Waals surface area contributed by atoms with E-state index in [0.29, 0.717) is 28.6 Å². The molecule has 4 aromatic rings. The molecule has 1 aromatic heterocycles. The molecule has 1 aliphatic rings. The van der Waals surface area contributed by atoms with E-state index in [9.17, 15) is 9.59 Å². The van der Waals surface area contributed by atoms with Crippen LogP contribution in [0.15, 0.2) is 78.2 Å². The maximum atomic E-state index is 13.6. The third kappa shape index (κ3) is 5.98. The van der Waals surface area contributed by atoms with Crippen LogP contribution >= 0.6 is 22.9 Å². The van der Waals surface area contributed by atoms with Gasteiger partial charge in [0, 0.05) is 27.7 Å². The summed E-state index contributed by atoms with van der Waals surface area (Å²) < 4.78 is 10.8. The lowest BCUT2D eigenvalue weighted by atomic mass is 10.1. The molecule has 2 heterocycles. The third-order valence-electron chi connectivity index (χ3n) is 6.22. The Morgan fingerprint density at radius 1 is 1.05 bits per heavy atom. The number of ether oxygens (including phenoxy) is 2. The molecule has 0 saturated heterocycles. The van der Waals surface area contributed by atoms with E-state index in [1.807, 2.05) is 66.9 Å². The summed E-state index contributed by atoms with van der Waals surface area (Å²) in [6.45, 7) is 2.27. The van der Waals surface area contributed by atoms with Crippen LogP contribution in [0.4, 0.5) is 5.69 Å². The van der Waals surface area contributed by atoms with Crippen molar-refractivity contribution >= 4 is 40.4 Å². The van der Waals surface area contributed by atoms with Gasteiger partial charge in [0.2, 0.25) is 18.6 Å². The van der Waals surface area contributed by atoms with Crippen LogP contribution in [0.1, 0.15) is 23.9 Å². The molecule has 1 atom stereocenters. The van der Waals surface area contributed by atoms with E-state index in [2.05, 4.69) is 5.32 Å². The van der Waals surface area contributed by atoms with Crippen molar-refractivity contribution in [2.45, 2.75) is 32.4 Å². The van der Waals surface area contributed by atoms with Crippen molar-refractivity contribution in [3.8, 4) is 22.8 Å². The molecule has 1 unspecified atom stereocenters. The van der Waals surface area contributed by atoms with Gasteiger partial charge in [0.15, 0.2) is 11.5 Å². The van der Waals surface area contributed by atoms with Crippen LogP contribution in [0.2, 0.25) is 5.02 Å². The number of nitrogens with zero attached hydrogens (tertiary/aromatic N) is 2. The zero-order chi connectivity index (χ0) is 26.5. The molecule has 0 fully saturated rings. The Labute approximate surface area is 230 Å². The van der Waals surface area contributed by atoms with Gasteiger partial charge < -0.3 is 19.7 Å². The predicted molar refractivity (Wildman–Crippen MR) is 149 cm³/mol. The minimum Gasteiger partial charge on any atom is -0.454 e. The molecule has 1 aliphatic heterocycles. The molecule has 7 nitrogen and oxygen atoms in total. The van der Waals surface area contributed by atoms with Crippen LogP contribution in [-0.2, 0) is 22.6 Å². The van der Waals surface area contributed by atoms with E-state index < -0.39 is 6.04 Å². The van der Waals surface area contributed by atoms with Crippen molar-refractivity contribution in [1.29, 1.82) is 0 Å². The van der Waals surface area contributed by atoms with E-state index in [4.69, 9.17) is 26.1 Å². The first-order valence-electron chi connectivity index (χ1n) is 12.2. The van der Waals surface area contributed by atoms with E-state index in [1.54, 1.807) is 23.1 Å². The standard InChI is InChI=1S/C29H26ClN3O4S/c1-2-24(29(35)31-22-12-13-25-26(15-22)37-18-36-25)33(28(34)14-19-6-4-3-5-7-19)16-27-32-23(17-38-27)20-8-10-21(30)11-9-20/h3-13,15,17,24H,2,14,16,18H2,1H3,(H,31,35). The second-order valence-electron chi connectivity index (χ2n) is 8.80. The Morgan fingerprint density at radius 3 is 2.58 bits per heavy atom. The lowest BCUT2D eigenvalue weighted by Crippen LogP contribution is -2.47. The van der Waals surface area contributed by atoms with Crippen molar-refractivity contribution < 1.29 is 19.1 Å². The van der Waals surface area contributed by atoms with Crippen molar-refractivity contribution in [2.24, 2.45) is 0 Å². The van der Waals surface area contributed by atoms with Gasteiger partial charge in [-0.1, -0.05) is 61.0 Å². The second-order valence-corrected chi connectivity index (χ2v) is 10.2. The van der Waals surface area contributed by atoms with Gasteiger partial charge in [-0.25, -0.2) is 4.98 Å². The lowest BCUT2D eigenvalue weighted by Gasteiger charge is -2.30. The number of anilines is 1. The minimum absolute atomic E-state index is 0.146. The van der Waals surface area contributed by atoms with Gasteiger partial charge in [-0.3, -0.25) is 9.59 Å². The number of rotatable bonds is 9. The number of carbonyl (C=O) groups is 2. The number of fused-ring (bicyclic) bond motifs is 1. The van der Waals surface area contributed by atoms with Crippen molar-refractivity contribution in [3.63, 3.8) is 0 Å². The molecule has 5 rings (SSSR count). The van der Waals surface area contributed by atoms with Crippen LogP contribution in [0.3, 0.4) is 0 Å². The first-order valence-corrected chi connectivity index (χ1v) is 13.5. The molecule has 0 spiro atoms. The molecule has 3 aromatic carbocycles. The summed E-state index contributed by atoms with van der Waals surface area (Å²) in [5, 5.41) is 6.29. The summed E-state index contributed by atoms with van der Waals surface area (Å²) in [4.78, 5) is 33.5. The Morgan fingerprint density at radius 2 is 1.82 bits per heavy atom. The lowest BCUT2D eigenvalue weighted by molar-refractivity contribution is -0.139. The Balaban J connectivity index is 1.38. The molecule has 0 saturated carbocycles. The molecular weight excluding hydrogens is 522 g/mol. The van der Waals surface area contributed by atoms with Gasteiger partial charge in [0.05, 0.1) is 18.7 Å². The summed E-state index contributed by atoms with van der Waals surface area (Å²) in [6.07, 6.45) is 0.621. The molecule has 38 heavy (non-hydrogen) atoms. The summed E-state index contributed by atoms with van der Waals surface area (Å²) in [5.74, 6) is 0.787. The quantitative estimate of drug-likeness (QED) is 0.270. The first kappa shape index (κ1) is 25.8. The maximum Gasteiger partial charge on any atom is 0.247 e. The highest BCUT2D eigenvalue weighted by molar-refractivity contribution is 7.09. The summed E-state index contributed by atoms with van der Waals surface area (Å²) in [6, 6.07) is 21.5. The number of thiazole rings is 1. The van der Waals surface area contributed by atoms with Gasteiger partial charge in [-0.2, -0.15) is 0 Å². The number of amides is 2. The van der Waals surface area contributed by atoms with Gasteiger partial charge in [0.1, 0.15) is 11.0 Å². The SMILES string of the molecule is CCC(C(=O)Nc1ccc2c(c1)OCO2)N(Cc1nc(-c2ccc(Cl)cc2)cs1)C(=O)Cc1ccccc1. The monoisotopic (exact) mass is 547 g/mol. The number of nitrogens with one attached hydrogen (secondary N) is 1.